The molecule has 3 heterocycles. The van der Waals surface area contributed by atoms with Gasteiger partial charge in [-0.05, 0) is 39.0 Å². The van der Waals surface area contributed by atoms with Gasteiger partial charge in [-0.3, -0.25) is 14.6 Å². The second-order valence-corrected chi connectivity index (χ2v) is 6.35. The van der Waals surface area contributed by atoms with E-state index >= 15 is 0 Å². The standard InChI is InChI=1S/C16H23N3O3/c1-10(20)7-18-14-4-2-3-13(14)15(17)16(21)19-8-12-6-5-11(19)9-22-12/h11-12H,2-9,17H2,1H3/b15-13-,18-14?. The number of Topliss-reactive ketones (excluding diaryl/α,β-unsaturated/α-hetero) is 1. The van der Waals surface area contributed by atoms with Crippen LogP contribution in [0.3, 0.4) is 0 Å². The molecule has 4 aliphatic rings. The summed E-state index contributed by atoms with van der Waals surface area (Å²) >= 11 is 0. The van der Waals surface area contributed by atoms with Crippen LogP contribution in [0.4, 0.5) is 0 Å². The van der Waals surface area contributed by atoms with Gasteiger partial charge in [0.2, 0.25) is 0 Å². The van der Waals surface area contributed by atoms with E-state index in [-0.39, 0.29) is 30.4 Å². The molecule has 2 atom stereocenters. The van der Waals surface area contributed by atoms with Gasteiger partial charge in [-0.2, -0.15) is 0 Å². The molecule has 0 aromatic carbocycles. The summed E-state index contributed by atoms with van der Waals surface area (Å²) in [6.45, 7) is 2.94. The number of rotatable bonds is 3. The van der Waals surface area contributed by atoms with Crippen molar-refractivity contribution in [3.63, 3.8) is 0 Å². The largest absolute Gasteiger partial charge is 0.394 e. The lowest BCUT2D eigenvalue weighted by atomic mass is 9.96. The number of allylic oxidation sites excluding steroid dienone is 1. The van der Waals surface area contributed by atoms with Gasteiger partial charge >= 0.3 is 0 Å². The summed E-state index contributed by atoms with van der Waals surface area (Å²) in [6, 6.07) is 0.149. The predicted octanol–water partition coefficient (Wildman–Crippen LogP) is 0.803. The van der Waals surface area contributed by atoms with Crippen LogP contribution < -0.4 is 5.73 Å². The number of morpholine rings is 1. The van der Waals surface area contributed by atoms with Crippen LogP contribution in [0.15, 0.2) is 16.3 Å². The van der Waals surface area contributed by atoms with Crippen molar-refractivity contribution in [3.8, 4) is 0 Å². The first-order valence-electron chi connectivity index (χ1n) is 8.00. The molecule has 1 aliphatic carbocycles. The lowest BCUT2D eigenvalue weighted by Crippen LogP contribution is -2.57. The van der Waals surface area contributed by atoms with Crippen molar-refractivity contribution >= 4 is 17.4 Å². The summed E-state index contributed by atoms with van der Waals surface area (Å²) in [7, 11) is 0. The number of carbonyl (C=O) groups excluding carboxylic acids is 2. The highest BCUT2D eigenvalue weighted by molar-refractivity contribution is 6.09. The number of carbonyl (C=O) groups is 2. The number of nitrogens with zero attached hydrogens (tertiary/aromatic N) is 2. The molecule has 6 nitrogen and oxygen atoms in total. The second kappa shape index (κ2) is 6.20. The molecule has 1 saturated carbocycles. The van der Waals surface area contributed by atoms with Crippen molar-refractivity contribution in [1.82, 2.24) is 4.90 Å². The Hall–Kier alpha value is -1.69. The summed E-state index contributed by atoms with van der Waals surface area (Å²) in [5.41, 5.74) is 8.15. The second-order valence-electron chi connectivity index (χ2n) is 6.35. The Bertz CT molecular complexity index is 545. The third-order valence-corrected chi connectivity index (χ3v) is 4.68. The fourth-order valence-corrected chi connectivity index (χ4v) is 3.48. The summed E-state index contributed by atoms with van der Waals surface area (Å²) in [5, 5.41) is 0. The van der Waals surface area contributed by atoms with Crippen molar-refractivity contribution in [2.75, 3.05) is 19.7 Å². The average Bonchev–Trinajstić information content (AvgIpc) is 3.01. The number of ether oxygens (including phenoxy) is 1. The summed E-state index contributed by atoms with van der Waals surface area (Å²) in [4.78, 5) is 30.0. The van der Waals surface area contributed by atoms with E-state index in [2.05, 4.69) is 4.99 Å². The van der Waals surface area contributed by atoms with Crippen molar-refractivity contribution in [1.29, 1.82) is 0 Å². The Balaban J connectivity index is 1.79. The van der Waals surface area contributed by atoms with Crippen LogP contribution in [0.5, 0.6) is 0 Å². The van der Waals surface area contributed by atoms with Gasteiger partial charge in [-0.15, -0.1) is 0 Å². The van der Waals surface area contributed by atoms with Gasteiger partial charge in [0.05, 0.1) is 25.3 Å². The SMILES string of the molecule is CC(=O)CN=C1CCC/C1=C(/N)C(=O)N1CC2CCC1CO2. The number of aliphatic imine (C=N–C) groups is 1. The number of hydrogen-bond donors (Lipinski definition) is 1. The van der Waals surface area contributed by atoms with Crippen molar-refractivity contribution in [2.45, 2.75) is 51.2 Å². The van der Waals surface area contributed by atoms with Gasteiger partial charge in [-0.25, -0.2) is 0 Å². The lowest BCUT2D eigenvalue weighted by Gasteiger charge is -2.45. The van der Waals surface area contributed by atoms with Crippen LogP contribution in [-0.2, 0) is 14.3 Å². The molecule has 1 amide bonds. The Kier molecular flexibility index (Phi) is 4.29. The van der Waals surface area contributed by atoms with Crippen LogP contribution >= 0.6 is 0 Å². The molecular formula is C16H23N3O3. The molecule has 0 aromatic rings. The van der Waals surface area contributed by atoms with E-state index in [0.29, 0.717) is 18.8 Å². The number of nitrogens with two attached hydrogens (primary N) is 1. The number of hydrogen-bond acceptors (Lipinski definition) is 5. The minimum absolute atomic E-state index is 0.0223. The van der Waals surface area contributed by atoms with Gasteiger partial charge in [0, 0.05) is 17.8 Å². The molecule has 0 radical (unpaired) electrons. The molecular weight excluding hydrogens is 282 g/mol. The number of amides is 1. The molecule has 6 heteroatoms. The van der Waals surface area contributed by atoms with E-state index in [1.165, 1.54) is 6.92 Å². The predicted molar refractivity (Wildman–Crippen MR) is 82.5 cm³/mol. The fourth-order valence-electron chi connectivity index (χ4n) is 3.48. The van der Waals surface area contributed by atoms with Crippen molar-refractivity contribution in [3.05, 3.63) is 11.3 Å². The third-order valence-electron chi connectivity index (χ3n) is 4.68. The van der Waals surface area contributed by atoms with Crippen LogP contribution in [0.2, 0.25) is 0 Å². The van der Waals surface area contributed by atoms with Crippen LogP contribution in [0.1, 0.15) is 39.0 Å². The first-order valence-corrected chi connectivity index (χ1v) is 8.00. The lowest BCUT2D eigenvalue weighted by molar-refractivity contribution is -0.150. The third kappa shape index (κ3) is 2.92. The highest BCUT2D eigenvalue weighted by Gasteiger charge is 2.38. The van der Waals surface area contributed by atoms with Crippen molar-refractivity contribution in [2.24, 2.45) is 10.7 Å². The topological polar surface area (TPSA) is 85.0 Å². The number of fused-ring (bicyclic) bond motifs is 3. The molecule has 120 valence electrons. The fraction of sp³-hybridized carbons (Fsp3) is 0.688. The maximum atomic E-state index is 12.7. The average molecular weight is 305 g/mol. The quantitative estimate of drug-likeness (QED) is 0.782. The van der Waals surface area contributed by atoms with E-state index in [0.717, 1.165) is 43.4 Å². The molecule has 0 aromatic heterocycles. The molecule has 2 unspecified atom stereocenters. The van der Waals surface area contributed by atoms with Gasteiger partial charge in [-0.1, -0.05) is 0 Å². The van der Waals surface area contributed by atoms with Gasteiger partial charge in [0.25, 0.3) is 5.91 Å². The normalized spacial score (nSPS) is 31.7. The minimum Gasteiger partial charge on any atom is -0.394 e. The molecule has 3 aliphatic heterocycles. The maximum absolute atomic E-state index is 12.7. The summed E-state index contributed by atoms with van der Waals surface area (Å²) in [6.07, 6.45) is 4.68. The summed E-state index contributed by atoms with van der Waals surface area (Å²) in [5.74, 6) is -0.0698. The monoisotopic (exact) mass is 305 g/mol. The molecule has 2 bridgehead atoms. The Morgan fingerprint density at radius 3 is 2.77 bits per heavy atom. The molecule has 4 fully saturated rings. The van der Waals surface area contributed by atoms with Crippen LogP contribution in [0.25, 0.3) is 0 Å². The molecule has 2 N–H and O–H groups in total. The molecule has 22 heavy (non-hydrogen) atoms. The van der Waals surface area contributed by atoms with Crippen LogP contribution in [-0.4, -0.2) is 54.1 Å². The van der Waals surface area contributed by atoms with E-state index in [4.69, 9.17) is 10.5 Å². The van der Waals surface area contributed by atoms with Crippen LogP contribution in [0, 0.1) is 0 Å². The molecule has 0 spiro atoms. The zero-order valence-electron chi connectivity index (χ0n) is 13.0. The highest BCUT2D eigenvalue weighted by Crippen LogP contribution is 2.29. The molecule has 4 rings (SSSR count). The summed E-state index contributed by atoms with van der Waals surface area (Å²) < 4.78 is 5.64. The Morgan fingerprint density at radius 2 is 2.18 bits per heavy atom. The van der Waals surface area contributed by atoms with E-state index in [1.807, 2.05) is 4.90 Å². The van der Waals surface area contributed by atoms with Gasteiger partial charge in [0.1, 0.15) is 5.70 Å². The number of ketones is 1. The first-order chi connectivity index (χ1) is 10.6. The first kappa shape index (κ1) is 15.2. The van der Waals surface area contributed by atoms with E-state index < -0.39 is 0 Å². The highest BCUT2D eigenvalue weighted by atomic mass is 16.5. The van der Waals surface area contributed by atoms with Crippen molar-refractivity contribution < 1.29 is 14.3 Å². The van der Waals surface area contributed by atoms with E-state index in [9.17, 15) is 9.59 Å². The zero-order chi connectivity index (χ0) is 15.7. The van der Waals surface area contributed by atoms with Gasteiger partial charge in [0.15, 0.2) is 5.78 Å². The zero-order valence-corrected chi connectivity index (χ0v) is 13.0. The number of piperidine rings is 1. The van der Waals surface area contributed by atoms with E-state index in [1.54, 1.807) is 0 Å². The minimum atomic E-state index is -0.0922. The Labute approximate surface area is 130 Å². The molecule has 3 saturated heterocycles. The smallest absolute Gasteiger partial charge is 0.270 e. The Morgan fingerprint density at radius 1 is 1.36 bits per heavy atom. The maximum Gasteiger partial charge on any atom is 0.270 e. The van der Waals surface area contributed by atoms with Gasteiger partial charge < -0.3 is 15.4 Å².